The minimum absolute atomic E-state index is 0.0214. The van der Waals surface area contributed by atoms with Gasteiger partial charge in [-0.05, 0) is 50.6 Å². The molecule has 146 valence electrons. The van der Waals surface area contributed by atoms with Crippen LogP contribution < -0.4 is 14.9 Å². The summed E-state index contributed by atoms with van der Waals surface area (Å²) >= 11 is 0. The Morgan fingerprint density at radius 3 is 2.46 bits per heavy atom. The van der Waals surface area contributed by atoms with E-state index >= 15 is 0 Å². The van der Waals surface area contributed by atoms with Gasteiger partial charge in [0.15, 0.2) is 0 Å². The normalized spacial score (nSPS) is 10.7. The Morgan fingerprint density at radius 2 is 1.75 bits per heavy atom. The predicted molar refractivity (Wildman–Crippen MR) is 107 cm³/mol. The van der Waals surface area contributed by atoms with Gasteiger partial charge in [0.05, 0.1) is 12.0 Å². The highest BCUT2D eigenvalue weighted by Gasteiger charge is 2.15. The van der Waals surface area contributed by atoms with Crippen molar-refractivity contribution < 1.29 is 19.0 Å². The maximum absolute atomic E-state index is 12.6. The highest BCUT2D eigenvalue weighted by molar-refractivity contribution is 5.94. The van der Waals surface area contributed by atoms with E-state index in [1.54, 1.807) is 13.0 Å². The van der Waals surface area contributed by atoms with Crippen molar-refractivity contribution in [3.8, 4) is 11.5 Å². The fourth-order valence-corrected chi connectivity index (χ4v) is 2.82. The quantitative estimate of drug-likeness (QED) is 0.498. The van der Waals surface area contributed by atoms with E-state index in [9.17, 15) is 9.59 Å². The Balaban J connectivity index is 1.74. The van der Waals surface area contributed by atoms with Crippen molar-refractivity contribution in [2.24, 2.45) is 0 Å². The molecule has 3 rings (SSSR count). The van der Waals surface area contributed by atoms with Crippen LogP contribution in [-0.2, 0) is 4.74 Å². The summed E-state index contributed by atoms with van der Waals surface area (Å²) in [6, 6.07) is 11.3. The molecule has 1 aromatic heterocycles. The second-order valence-corrected chi connectivity index (χ2v) is 6.43. The molecule has 0 amide bonds. The van der Waals surface area contributed by atoms with Gasteiger partial charge in [0.2, 0.25) is 5.43 Å². The monoisotopic (exact) mass is 381 g/mol. The zero-order valence-corrected chi connectivity index (χ0v) is 16.2. The highest BCUT2D eigenvalue weighted by Crippen LogP contribution is 2.23. The van der Waals surface area contributed by atoms with E-state index in [4.69, 9.17) is 14.2 Å². The zero-order chi connectivity index (χ0) is 20.1. The summed E-state index contributed by atoms with van der Waals surface area (Å²) in [6.45, 7) is 6.52. The lowest BCUT2D eigenvalue weighted by Gasteiger charge is -2.12. The van der Waals surface area contributed by atoms with Crippen LogP contribution in [0.3, 0.4) is 0 Å². The predicted octanol–water partition coefficient (Wildman–Crippen LogP) is 3.78. The van der Waals surface area contributed by atoms with Crippen molar-refractivity contribution in [3.63, 3.8) is 0 Å². The van der Waals surface area contributed by atoms with Crippen molar-refractivity contribution in [2.45, 2.75) is 20.8 Å². The van der Waals surface area contributed by atoms with E-state index < -0.39 is 5.97 Å². The number of esters is 1. The van der Waals surface area contributed by atoms with Gasteiger partial charge in [-0.1, -0.05) is 17.7 Å². The van der Waals surface area contributed by atoms with Crippen LogP contribution in [0.2, 0.25) is 0 Å². The van der Waals surface area contributed by atoms with Crippen LogP contribution in [-0.4, -0.2) is 30.8 Å². The average Bonchev–Trinajstić information content (AvgIpc) is 2.67. The van der Waals surface area contributed by atoms with E-state index in [0.717, 1.165) is 11.3 Å². The molecule has 0 aliphatic carbocycles. The molecular weight excluding hydrogens is 358 g/mol. The van der Waals surface area contributed by atoms with Crippen LogP contribution in [0.4, 0.5) is 0 Å². The fourth-order valence-electron chi connectivity index (χ4n) is 2.82. The molecular formula is C22H23NO5. The van der Waals surface area contributed by atoms with Crippen LogP contribution in [0.1, 0.15) is 28.4 Å². The molecule has 0 unspecified atom stereocenters. The van der Waals surface area contributed by atoms with Gasteiger partial charge in [0.1, 0.15) is 30.3 Å². The van der Waals surface area contributed by atoms with Crippen LogP contribution in [0.5, 0.6) is 11.5 Å². The van der Waals surface area contributed by atoms with Crippen molar-refractivity contribution in [1.82, 2.24) is 4.98 Å². The number of hydrogen-bond acceptors (Lipinski definition) is 5. The summed E-state index contributed by atoms with van der Waals surface area (Å²) in [5.74, 6) is 0.715. The van der Waals surface area contributed by atoms with Crippen molar-refractivity contribution in [2.75, 3.05) is 19.8 Å². The van der Waals surface area contributed by atoms with Crippen molar-refractivity contribution in [1.29, 1.82) is 0 Å². The standard InChI is InChI=1S/C22H23NO5/c1-4-26-22(25)18-13-23-19-11-15(3)20(12-17(19)21(18)24)28-10-9-27-16-7-5-14(2)6-8-16/h5-8,11-13H,4,9-10H2,1-3H3,(H,23,24). The molecule has 2 aromatic carbocycles. The first-order valence-electron chi connectivity index (χ1n) is 9.15. The largest absolute Gasteiger partial charge is 0.490 e. The highest BCUT2D eigenvalue weighted by atomic mass is 16.5. The Labute approximate surface area is 163 Å². The van der Waals surface area contributed by atoms with Gasteiger partial charge in [-0.25, -0.2) is 4.79 Å². The van der Waals surface area contributed by atoms with Gasteiger partial charge >= 0.3 is 5.97 Å². The summed E-state index contributed by atoms with van der Waals surface area (Å²) in [6.07, 6.45) is 1.39. The third-order valence-electron chi connectivity index (χ3n) is 4.30. The van der Waals surface area contributed by atoms with Gasteiger partial charge in [0.25, 0.3) is 0 Å². The SMILES string of the molecule is CCOC(=O)c1c[nH]c2cc(C)c(OCCOc3ccc(C)cc3)cc2c1=O. The third kappa shape index (κ3) is 4.34. The number of carbonyl (C=O) groups excluding carboxylic acids is 1. The molecule has 0 radical (unpaired) electrons. The molecule has 0 saturated heterocycles. The first-order chi connectivity index (χ1) is 13.5. The van der Waals surface area contributed by atoms with Crippen LogP contribution in [0, 0.1) is 13.8 Å². The van der Waals surface area contributed by atoms with Gasteiger partial charge < -0.3 is 19.2 Å². The number of H-pyrrole nitrogens is 1. The second-order valence-electron chi connectivity index (χ2n) is 6.43. The Kier molecular flexibility index (Phi) is 5.99. The Hall–Kier alpha value is -3.28. The molecule has 28 heavy (non-hydrogen) atoms. The minimum Gasteiger partial charge on any atom is -0.490 e. The number of carbonyl (C=O) groups is 1. The van der Waals surface area contributed by atoms with E-state index in [-0.39, 0.29) is 17.6 Å². The Morgan fingerprint density at radius 1 is 1.04 bits per heavy atom. The summed E-state index contributed by atoms with van der Waals surface area (Å²) in [5.41, 5.74) is 2.28. The summed E-state index contributed by atoms with van der Waals surface area (Å²) in [7, 11) is 0. The molecule has 0 aliphatic rings. The summed E-state index contributed by atoms with van der Waals surface area (Å²) in [4.78, 5) is 27.6. The van der Waals surface area contributed by atoms with Gasteiger partial charge in [-0.2, -0.15) is 0 Å². The van der Waals surface area contributed by atoms with Crippen molar-refractivity contribution in [3.05, 3.63) is 69.5 Å². The van der Waals surface area contributed by atoms with E-state index in [0.29, 0.717) is 29.9 Å². The molecule has 1 heterocycles. The number of ether oxygens (including phenoxy) is 3. The number of aromatic nitrogens is 1. The topological polar surface area (TPSA) is 77.6 Å². The molecule has 0 saturated carbocycles. The van der Waals surface area contributed by atoms with Crippen LogP contribution in [0.25, 0.3) is 10.9 Å². The van der Waals surface area contributed by atoms with Gasteiger partial charge in [-0.15, -0.1) is 0 Å². The molecule has 6 heteroatoms. The maximum Gasteiger partial charge on any atom is 0.343 e. The number of hydrogen-bond donors (Lipinski definition) is 1. The molecule has 3 aromatic rings. The number of fused-ring (bicyclic) bond motifs is 1. The molecule has 0 spiro atoms. The average molecular weight is 381 g/mol. The molecule has 0 bridgehead atoms. The molecule has 0 fully saturated rings. The van der Waals surface area contributed by atoms with Crippen LogP contribution in [0.15, 0.2) is 47.4 Å². The molecule has 1 N–H and O–H groups in total. The lowest BCUT2D eigenvalue weighted by molar-refractivity contribution is 0.0524. The van der Waals surface area contributed by atoms with E-state index in [1.807, 2.05) is 44.2 Å². The maximum atomic E-state index is 12.6. The molecule has 0 atom stereocenters. The number of nitrogens with one attached hydrogen (secondary N) is 1. The van der Waals surface area contributed by atoms with E-state index in [1.165, 1.54) is 11.8 Å². The zero-order valence-electron chi connectivity index (χ0n) is 16.2. The number of aromatic amines is 1. The lowest BCUT2D eigenvalue weighted by Crippen LogP contribution is -2.18. The molecule has 0 aliphatic heterocycles. The summed E-state index contributed by atoms with van der Waals surface area (Å²) < 4.78 is 16.4. The third-order valence-corrected chi connectivity index (χ3v) is 4.30. The number of aryl methyl sites for hydroxylation is 2. The lowest BCUT2D eigenvalue weighted by atomic mass is 10.1. The smallest absolute Gasteiger partial charge is 0.343 e. The van der Waals surface area contributed by atoms with E-state index in [2.05, 4.69) is 4.98 Å². The van der Waals surface area contributed by atoms with Crippen LogP contribution >= 0.6 is 0 Å². The minimum atomic E-state index is -0.639. The fraction of sp³-hybridized carbons (Fsp3) is 0.273. The number of pyridine rings is 1. The first-order valence-corrected chi connectivity index (χ1v) is 9.15. The first kappa shape index (κ1) is 19.5. The van der Waals surface area contributed by atoms with Crippen molar-refractivity contribution >= 4 is 16.9 Å². The Bertz CT molecular complexity index is 1040. The second kappa shape index (κ2) is 8.61. The van der Waals surface area contributed by atoms with Gasteiger partial charge in [0, 0.05) is 11.7 Å². The van der Waals surface area contributed by atoms with Gasteiger partial charge in [-0.3, -0.25) is 4.79 Å². The number of benzene rings is 2. The summed E-state index contributed by atoms with van der Waals surface area (Å²) in [5, 5.41) is 0.380. The molecule has 6 nitrogen and oxygen atoms in total. The number of rotatable bonds is 7.